The number of rotatable bonds is 3. The predicted molar refractivity (Wildman–Crippen MR) is 84.9 cm³/mol. The van der Waals surface area contributed by atoms with Crippen molar-refractivity contribution < 1.29 is 4.39 Å². The number of nitrogens with two attached hydrogens (primary N) is 1. The summed E-state index contributed by atoms with van der Waals surface area (Å²) in [6.45, 7) is 5.82. The van der Waals surface area contributed by atoms with E-state index in [0.29, 0.717) is 0 Å². The Balaban J connectivity index is 1.84. The first kappa shape index (κ1) is 14.1. The van der Waals surface area contributed by atoms with Crippen LogP contribution in [0, 0.1) is 12.7 Å². The Kier molecular flexibility index (Phi) is 3.68. The van der Waals surface area contributed by atoms with Crippen LogP contribution in [0.3, 0.4) is 0 Å². The lowest BCUT2D eigenvalue weighted by Gasteiger charge is -2.21. The molecule has 1 heterocycles. The lowest BCUT2D eigenvalue weighted by Crippen LogP contribution is -2.20. The van der Waals surface area contributed by atoms with Crippen LogP contribution in [0.25, 0.3) is 0 Å². The molecule has 1 aliphatic rings. The fraction of sp³-hybridized carbons (Fsp3) is 0.333. The molecule has 0 fully saturated rings. The van der Waals surface area contributed by atoms with E-state index >= 15 is 0 Å². The molecule has 0 bridgehead atoms. The summed E-state index contributed by atoms with van der Waals surface area (Å²) in [5.74, 6) is -0.167. The third-order valence-corrected chi connectivity index (χ3v) is 4.29. The van der Waals surface area contributed by atoms with E-state index in [-0.39, 0.29) is 11.9 Å². The number of aryl methyl sites for hydroxylation is 1. The Morgan fingerprint density at radius 1 is 1.24 bits per heavy atom. The molecule has 1 atom stereocenters. The van der Waals surface area contributed by atoms with Crippen molar-refractivity contribution >= 4 is 5.69 Å². The highest BCUT2D eigenvalue weighted by Crippen LogP contribution is 2.31. The van der Waals surface area contributed by atoms with Crippen LogP contribution in [0.4, 0.5) is 10.1 Å². The predicted octanol–water partition coefficient (Wildman–Crippen LogP) is 3.72. The second-order valence-corrected chi connectivity index (χ2v) is 5.92. The third kappa shape index (κ3) is 2.79. The fourth-order valence-corrected chi connectivity index (χ4v) is 2.98. The normalized spacial score (nSPS) is 15.1. The summed E-state index contributed by atoms with van der Waals surface area (Å²) in [5, 5.41) is 0. The van der Waals surface area contributed by atoms with Gasteiger partial charge in [-0.2, -0.15) is 0 Å². The molecule has 110 valence electrons. The van der Waals surface area contributed by atoms with Gasteiger partial charge < -0.3 is 10.6 Å². The molecule has 21 heavy (non-hydrogen) atoms. The Hall–Kier alpha value is -1.87. The molecule has 3 heteroatoms. The van der Waals surface area contributed by atoms with Crippen molar-refractivity contribution in [3.8, 4) is 0 Å². The molecule has 2 N–H and O–H groups in total. The average molecular weight is 284 g/mol. The van der Waals surface area contributed by atoms with Gasteiger partial charge in [0.1, 0.15) is 5.82 Å². The van der Waals surface area contributed by atoms with Gasteiger partial charge in [-0.3, -0.25) is 0 Å². The first-order valence-corrected chi connectivity index (χ1v) is 7.43. The zero-order chi connectivity index (χ0) is 15.0. The van der Waals surface area contributed by atoms with E-state index in [1.54, 1.807) is 12.1 Å². The van der Waals surface area contributed by atoms with Crippen LogP contribution in [0.5, 0.6) is 0 Å². The summed E-state index contributed by atoms with van der Waals surface area (Å²) in [4.78, 5) is 2.36. The summed E-state index contributed by atoms with van der Waals surface area (Å²) >= 11 is 0. The molecule has 0 saturated carbocycles. The van der Waals surface area contributed by atoms with Crippen molar-refractivity contribution in [2.45, 2.75) is 32.9 Å². The van der Waals surface area contributed by atoms with E-state index < -0.39 is 0 Å². The molecule has 1 unspecified atom stereocenters. The van der Waals surface area contributed by atoms with Crippen molar-refractivity contribution in [1.82, 2.24) is 0 Å². The van der Waals surface area contributed by atoms with Gasteiger partial charge in [0.15, 0.2) is 0 Å². The molecule has 1 aliphatic heterocycles. The maximum atomic E-state index is 13.2. The minimum absolute atomic E-state index is 0.0729. The molecule has 0 spiro atoms. The lowest BCUT2D eigenvalue weighted by atomic mass is 10.0. The Morgan fingerprint density at radius 2 is 2.05 bits per heavy atom. The number of anilines is 1. The van der Waals surface area contributed by atoms with Crippen molar-refractivity contribution in [2.24, 2.45) is 5.73 Å². The summed E-state index contributed by atoms with van der Waals surface area (Å²) in [7, 11) is 0. The van der Waals surface area contributed by atoms with E-state index in [1.807, 2.05) is 19.9 Å². The SMILES string of the molecule is Cc1cc(F)ccc1CN1CCc2cc(C(C)N)ccc21. The van der Waals surface area contributed by atoms with Gasteiger partial charge in [0.25, 0.3) is 0 Å². The minimum atomic E-state index is -0.167. The van der Waals surface area contributed by atoms with Gasteiger partial charge in [-0.1, -0.05) is 18.2 Å². The van der Waals surface area contributed by atoms with Crippen LogP contribution >= 0.6 is 0 Å². The first-order valence-electron chi connectivity index (χ1n) is 7.43. The van der Waals surface area contributed by atoms with Gasteiger partial charge in [0.2, 0.25) is 0 Å². The van der Waals surface area contributed by atoms with Crippen molar-refractivity contribution in [3.63, 3.8) is 0 Å². The van der Waals surface area contributed by atoms with E-state index in [9.17, 15) is 4.39 Å². The monoisotopic (exact) mass is 284 g/mol. The second kappa shape index (κ2) is 5.49. The molecule has 2 aromatic carbocycles. The van der Waals surface area contributed by atoms with E-state index in [0.717, 1.165) is 25.1 Å². The van der Waals surface area contributed by atoms with E-state index in [1.165, 1.54) is 22.4 Å². The summed E-state index contributed by atoms with van der Waals surface area (Å²) in [5.41, 5.74) is 12.0. The molecule has 0 aromatic heterocycles. The molecular weight excluding hydrogens is 263 g/mol. The molecule has 0 amide bonds. The quantitative estimate of drug-likeness (QED) is 0.931. The van der Waals surface area contributed by atoms with Crippen molar-refractivity contribution in [2.75, 3.05) is 11.4 Å². The Morgan fingerprint density at radius 3 is 2.76 bits per heavy atom. The Labute approximate surface area is 125 Å². The molecule has 0 radical (unpaired) electrons. The highest BCUT2D eigenvalue weighted by molar-refractivity contribution is 5.59. The van der Waals surface area contributed by atoms with E-state index in [2.05, 4.69) is 23.1 Å². The number of fused-ring (bicyclic) bond motifs is 1. The fourth-order valence-electron chi connectivity index (χ4n) is 2.98. The summed E-state index contributed by atoms with van der Waals surface area (Å²) in [6, 6.07) is 11.6. The standard InChI is InChI=1S/C18H21FN2/c1-12-9-17(19)5-3-16(12)11-21-8-7-15-10-14(13(2)20)4-6-18(15)21/h3-6,9-10,13H,7-8,11,20H2,1-2H3. The molecule has 3 rings (SSSR count). The number of nitrogens with zero attached hydrogens (tertiary/aromatic N) is 1. The number of hydrogen-bond acceptors (Lipinski definition) is 2. The smallest absolute Gasteiger partial charge is 0.123 e. The Bertz CT molecular complexity index is 664. The van der Waals surface area contributed by atoms with Crippen molar-refractivity contribution in [1.29, 1.82) is 0 Å². The molecule has 0 saturated heterocycles. The highest BCUT2D eigenvalue weighted by Gasteiger charge is 2.20. The van der Waals surface area contributed by atoms with Crippen molar-refractivity contribution in [3.05, 3.63) is 64.5 Å². The van der Waals surface area contributed by atoms with Crippen LogP contribution in [-0.2, 0) is 13.0 Å². The lowest BCUT2D eigenvalue weighted by molar-refractivity contribution is 0.625. The third-order valence-electron chi connectivity index (χ3n) is 4.29. The van der Waals surface area contributed by atoms with Crippen LogP contribution < -0.4 is 10.6 Å². The minimum Gasteiger partial charge on any atom is -0.367 e. The van der Waals surface area contributed by atoms with Gasteiger partial charge in [-0.25, -0.2) is 4.39 Å². The first-order chi connectivity index (χ1) is 10.0. The molecule has 0 aliphatic carbocycles. The molecule has 2 aromatic rings. The van der Waals surface area contributed by atoms with Gasteiger partial charge in [0.05, 0.1) is 0 Å². The summed E-state index contributed by atoms with van der Waals surface area (Å²) < 4.78 is 13.2. The second-order valence-electron chi connectivity index (χ2n) is 5.92. The van der Waals surface area contributed by atoms with Gasteiger partial charge >= 0.3 is 0 Å². The molecule has 2 nitrogen and oxygen atoms in total. The van der Waals surface area contributed by atoms with Crippen LogP contribution in [0.15, 0.2) is 36.4 Å². The largest absolute Gasteiger partial charge is 0.367 e. The van der Waals surface area contributed by atoms with Gasteiger partial charge in [-0.05, 0) is 60.7 Å². The van der Waals surface area contributed by atoms with Crippen LogP contribution in [-0.4, -0.2) is 6.54 Å². The zero-order valence-electron chi connectivity index (χ0n) is 12.6. The topological polar surface area (TPSA) is 29.3 Å². The highest BCUT2D eigenvalue weighted by atomic mass is 19.1. The molecular formula is C18H21FN2. The number of benzene rings is 2. The maximum Gasteiger partial charge on any atom is 0.123 e. The van der Waals surface area contributed by atoms with Crippen LogP contribution in [0.1, 0.15) is 35.2 Å². The summed E-state index contributed by atoms with van der Waals surface area (Å²) in [6.07, 6.45) is 1.05. The number of halogens is 1. The van der Waals surface area contributed by atoms with Crippen LogP contribution in [0.2, 0.25) is 0 Å². The van der Waals surface area contributed by atoms with Gasteiger partial charge in [0, 0.05) is 24.8 Å². The zero-order valence-corrected chi connectivity index (χ0v) is 12.6. The maximum absolute atomic E-state index is 13.2. The van der Waals surface area contributed by atoms with E-state index in [4.69, 9.17) is 5.73 Å². The number of hydrogen-bond donors (Lipinski definition) is 1. The average Bonchev–Trinajstić information content (AvgIpc) is 2.84. The van der Waals surface area contributed by atoms with Gasteiger partial charge in [-0.15, -0.1) is 0 Å².